The lowest BCUT2D eigenvalue weighted by atomic mass is 10.2. The van der Waals surface area contributed by atoms with Gasteiger partial charge in [-0.3, -0.25) is 5.43 Å². The molecule has 2 aromatic rings. The number of thiazole rings is 1. The molecule has 0 saturated carbocycles. The molecule has 0 spiro atoms. The minimum absolute atomic E-state index is 0.105. The van der Waals surface area contributed by atoms with Crippen LogP contribution in [0, 0.1) is 6.92 Å². The summed E-state index contributed by atoms with van der Waals surface area (Å²) in [5, 5.41) is 6.95. The summed E-state index contributed by atoms with van der Waals surface area (Å²) in [6, 6.07) is 5.76. The molecule has 22 heavy (non-hydrogen) atoms. The van der Waals surface area contributed by atoms with E-state index in [1.165, 1.54) is 11.3 Å². The number of aryl methyl sites for hydroxylation is 1. The Labute approximate surface area is 135 Å². The molecule has 0 aliphatic carbocycles. The molecule has 0 aliphatic heterocycles. The zero-order valence-electron chi connectivity index (χ0n) is 13.3. The molecular weight excluding hydrogens is 298 g/mol. The Morgan fingerprint density at radius 2 is 2.18 bits per heavy atom. The van der Waals surface area contributed by atoms with Crippen molar-refractivity contribution in [1.29, 1.82) is 0 Å². The van der Waals surface area contributed by atoms with Crippen LogP contribution in [0.3, 0.4) is 0 Å². The van der Waals surface area contributed by atoms with Gasteiger partial charge in [0.1, 0.15) is 0 Å². The van der Waals surface area contributed by atoms with E-state index in [1.807, 2.05) is 51.3 Å². The minimum Gasteiger partial charge on any atom is -0.490 e. The van der Waals surface area contributed by atoms with E-state index in [-0.39, 0.29) is 6.10 Å². The summed E-state index contributed by atoms with van der Waals surface area (Å²) in [5.74, 6) is 1.47. The number of hydrazone groups is 1. The number of anilines is 1. The maximum absolute atomic E-state index is 5.74. The van der Waals surface area contributed by atoms with Crippen LogP contribution in [0.15, 0.2) is 28.7 Å². The minimum atomic E-state index is 0.105. The molecule has 0 unspecified atom stereocenters. The van der Waals surface area contributed by atoms with Gasteiger partial charge in [0, 0.05) is 5.38 Å². The van der Waals surface area contributed by atoms with Crippen molar-refractivity contribution < 1.29 is 9.47 Å². The third-order valence-corrected chi connectivity index (χ3v) is 3.49. The van der Waals surface area contributed by atoms with Gasteiger partial charge in [-0.1, -0.05) is 0 Å². The van der Waals surface area contributed by atoms with Gasteiger partial charge < -0.3 is 9.47 Å². The van der Waals surface area contributed by atoms with Crippen molar-refractivity contribution in [3.63, 3.8) is 0 Å². The lowest BCUT2D eigenvalue weighted by Crippen LogP contribution is -2.07. The Kier molecular flexibility index (Phi) is 5.77. The molecule has 6 heteroatoms. The molecule has 5 nitrogen and oxygen atoms in total. The van der Waals surface area contributed by atoms with Gasteiger partial charge in [0.05, 0.1) is 24.6 Å². The molecule has 0 saturated heterocycles. The predicted molar refractivity (Wildman–Crippen MR) is 91.4 cm³/mol. The highest BCUT2D eigenvalue weighted by atomic mass is 32.1. The fourth-order valence-electron chi connectivity index (χ4n) is 1.79. The summed E-state index contributed by atoms with van der Waals surface area (Å²) < 4.78 is 11.4. The SMILES string of the molecule is CCOc1cc(/C=N/Nc2nc(C)cs2)ccc1OC(C)C. The van der Waals surface area contributed by atoms with Crippen molar-refractivity contribution in [2.75, 3.05) is 12.0 Å². The van der Waals surface area contributed by atoms with Crippen LogP contribution in [0.1, 0.15) is 32.0 Å². The number of aromatic nitrogens is 1. The number of rotatable bonds is 7. The van der Waals surface area contributed by atoms with Crippen LogP contribution in [-0.2, 0) is 0 Å². The van der Waals surface area contributed by atoms with E-state index in [4.69, 9.17) is 9.47 Å². The van der Waals surface area contributed by atoms with Gasteiger partial charge in [0.2, 0.25) is 5.13 Å². The second kappa shape index (κ2) is 7.79. The maximum atomic E-state index is 5.74. The van der Waals surface area contributed by atoms with Gasteiger partial charge in [-0.25, -0.2) is 4.98 Å². The van der Waals surface area contributed by atoms with E-state index in [1.54, 1.807) is 6.21 Å². The first-order chi connectivity index (χ1) is 10.6. The Morgan fingerprint density at radius 1 is 1.36 bits per heavy atom. The molecule has 0 bridgehead atoms. The third kappa shape index (κ3) is 4.73. The number of nitrogens with one attached hydrogen (secondary N) is 1. The number of hydrogen-bond donors (Lipinski definition) is 1. The van der Waals surface area contributed by atoms with Crippen LogP contribution in [0.5, 0.6) is 11.5 Å². The lowest BCUT2D eigenvalue weighted by molar-refractivity contribution is 0.224. The number of hydrogen-bond acceptors (Lipinski definition) is 6. The quantitative estimate of drug-likeness (QED) is 0.617. The molecule has 0 amide bonds. The first-order valence-electron chi connectivity index (χ1n) is 7.23. The maximum Gasteiger partial charge on any atom is 0.203 e. The standard InChI is InChI=1S/C16H21N3O2S/c1-5-20-15-8-13(6-7-14(15)21-11(2)3)9-17-19-16-18-12(4)10-22-16/h6-11H,5H2,1-4H3,(H,18,19)/b17-9+. The van der Waals surface area contributed by atoms with E-state index in [9.17, 15) is 0 Å². The smallest absolute Gasteiger partial charge is 0.203 e. The second-order valence-electron chi connectivity index (χ2n) is 4.97. The van der Waals surface area contributed by atoms with Crippen molar-refractivity contribution in [2.24, 2.45) is 5.10 Å². The Hall–Kier alpha value is -2.08. The summed E-state index contributed by atoms with van der Waals surface area (Å²) in [4.78, 5) is 4.28. The summed E-state index contributed by atoms with van der Waals surface area (Å²) >= 11 is 1.52. The van der Waals surface area contributed by atoms with Gasteiger partial charge in [0.15, 0.2) is 11.5 Å². The predicted octanol–water partition coefficient (Wildman–Crippen LogP) is 4.08. The second-order valence-corrected chi connectivity index (χ2v) is 5.83. The molecule has 2 rings (SSSR count). The Morgan fingerprint density at radius 3 is 2.82 bits per heavy atom. The summed E-state index contributed by atoms with van der Waals surface area (Å²) in [6.45, 7) is 8.47. The first kappa shape index (κ1) is 16.3. The molecule has 1 heterocycles. The van der Waals surface area contributed by atoms with Crippen LogP contribution >= 0.6 is 11.3 Å². The highest BCUT2D eigenvalue weighted by Crippen LogP contribution is 2.29. The lowest BCUT2D eigenvalue weighted by Gasteiger charge is -2.14. The number of ether oxygens (including phenoxy) is 2. The first-order valence-corrected chi connectivity index (χ1v) is 8.11. The zero-order chi connectivity index (χ0) is 15.9. The van der Waals surface area contributed by atoms with Crippen molar-refractivity contribution in [1.82, 2.24) is 4.98 Å². The Bertz CT molecular complexity index is 638. The molecule has 118 valence electrons. The van der Waals surface area contributed by atoms with Crippen LogP contribution in [0.4, 0.5) is 5.13 Å². The van der Waals surface area contributed by atoms with Gasteiger partial charge in [-0.05, 0) is 51.5 Å². The van der Waals surface area contributed by atoms with E-state index >= 15 is 0 Å². The van der Waals surface area contributed by atoms with E-state index in [0.717, 1.165) is 27.9 Å². The van der Waals surface area contributed by atoms with Crippen molar-refractivity contribution in [3.05, 3.63) is 34.8 Å². The van der Waals surface area contributed by atoms with E-state index < -0.39 is 0 Å². The van der Waals surface area contributed by atoms with Crippen molar-refractivity contribution >= 4 is 22.7 Å². The number of benzene rings is 1. The third-order valence-electron chi connectivity index (χ3n) is 2.62. The number of nitrogens with zero attached hydrogens (tertiary/aromatic N) is 2. The van der Waals surface area contributed by atoms with Crippen molar-refractivity contribution in [3.8, 4) is 11.5 Å². The summed E-state index contributed by atoms with van der Waals surface area (Å²) in [7, 11) is 0. The van der Waals surface area contributed by atoms with Crippen LogP contribution in [0.2, 0.25) is 0 Å². The van der Waals surface area contributed by atoms with E-state index in [2.05, 4.69) is 15.5 Å². The molecule has 1 N–H and O–H groups in total. The molecule has 0 radical (unpaired) electrons. The van der Waals surface area contributed by atoms with E-state index in [0.29, 0.717) is 6.61 Å². The van der Waals surface area contributed by atoms with Crippen LogP contribution in [0.25, 0.3) is 0 Å². The van der Waals surface area contributed by atoms with Gasteiger partial charge in [-0.2, -0.15) is 5.10 Å². The molecule has 1 aromatic carbocycles. The van der Waals surface area contributed by atoms with Gasteiger partial charge in [0.25, 0.3) is 0 Å². The molecule has 0 fully saturated rings. The van der Waals surface area contributed by atoms with Crippen LogP contribution < -0.4 is 14.9 Å². The largest absolute Gasteiger partial charge is 0.490 e. The fraction of sp³-hybridized carbons (Fsp3) is 0.375. The molecule has 0 aliphatic rings. The van der Waals surface area contributed by atoms with Gasteiger partial charge in [-0.15, -0.1) is 11.3 Å². The average molecular weight is 319 g/mol. The normalized spacial score (nSPS) is 11.1. The summed E-state index contributed by atoms with van der Waals surface area (Å²) in [6.07, 6.45) is 1.84. The molecule has 0 atom stereocenters. The summed E-state index contributed by atoms with van der Waals surface area (Å²) in [5.41, 5.74) is 4.83. The van der Waals surface area contributed by atoms with Gasteiger partial charge >= 0.3 is 0 Å². The highest BCUT2D eigenvalue weighted by molar-refractivity contribution is 7.13. The van der Waals surface area contributed by atoms with Crippen molar-refractivity contribution in [2.45, 2.75) is 33.8 Å². The Balaban J connectivity index is 2.08. The average Bonchev–Trinajstić information content (AvgIpc) is 2.87. The highest BCUT2D eigenvalue weighted by Gasteiger charge is 2.07. The molecular formula is C16H21N3O2S. The fourth-order valence-corrected chi connectivity index (χ4v) is 2.43. The monoisotopic (exact) mass is 319 g/mol. The zero-order valence-corrected chi connectivity index (χ0v) is 14.1. The topological polar surface area (TPSA) is 55.7 Å². The molecule has 1 aromatic heterocycles. The van der Waals surface area contributed by atoms with Crippen LogP contribution in [-0.4, -0.2) is 23.9 Å².